The number of nitrogen functional groups attached to an aromatic ring is 2. The van der Waals surface area contributed by atoms with Crippen LogP contribution in [0.3, 0.4) is 0 Å². The summed E-state index contributed by atoms with van der Waals surface area (Å²) < 4.78 is 0. The van der Waals surface area contributed by atoms with Gasteiger partial charge in [0.2, 0.25) is 0 Å². The molecule has 2 aromatic rings. The molecule has 0 atom stereocenters. The molecule has 0 amide bonds. The van der Waals surface area contributed by atoms with Crippen molar-refractivity contribution in [2.45, 2.75) is 20.8 Å². The lowest BCUT2D eigenvalue weighted by Gasteiger charge is -1.99. The van der Waals surface area contributed by atoms with Crippen molar-refractivity contribution in [2.75, 3.05) is 11.5 Å². The van der Waals surface area contributed by atoms with Gasteiger partial charge in [0.05, 0.1) is 16.4 Å². The second kappa shape index (κ2) is 4.78. The van der Waals surface area contributed by atoms with Crippen LogP contribution >= 0.6 is 11.3 Å². The van der Waals surface area contributed by atoms with Crippen LogP contribution in [0.25, 0.3) is 0 Å². The fraction of sp³-hybridized carbons (Fsp3) is 0.231. The summed E-state index contributed by atoms with van der Waals surface area (Å²) in [5, 5.41) is 9.79. The Morgan fingerprint density at radius 3 is 2.33 bits per heavy atom. The Balaban J connectivity index is 2.33. The van der Waals surface area contributed by atoms with Crippen molar-refractivity contribution in [3.63, 3.8) is 0 Å². The van der Waals surface area contributed by atoms with Gasteiger partial charge in [0.1, 0.15) is 0 Å². The third-order valence-electron chi connectivity index (χ3n) is 2.81. The van der Waals surface area contributed by atoms with Crippen LogP contribution in [0.1, 0.15) is 16.7 Å². The van der Waals surface area contributed by atoms with Gasteiger partial charge in [0.15, 0.2) is 5.00 Å². The van der Waals surface area contributed by atoms with E-state index in [0.29, 0.717) is 15.7 Å². The van der Waals surface area contributed by atoms with Gasteiger partial charge in [-0.2, -0.15) is 0 Å². The Morgan fingerprint density at radius 2 is 1.78 bits per heavy atom. The predicted molar refractivity (Wildman–Crippen MR) is 78.0 cm³/mol. The highest BCUT2D eigenvalue weighted by Gasteiger charge is 2.09. The van der Waals surface area contributed by atoms with Gasteiger partial charge in [-0.25, -0.2) is 0 Å². The Labute approximate surface area is 110 Å². The van der Waals surface area contributed by atoms with Crippen LogP contribution in [-0.2, 0) is 0 Å². The molecular formula is C13H16N4S. The lowest BCUT2D eigenvalue weighted by molar-refractivity contribution is 1.22. The van der Waals surface area contributed by atoms with Crippen molar-refractivity contribution in [3.8, 4) is 0 Å². The topological polar surface area (TPSA) is 76.8 Å². The molecule has 0 unspecified atom stereocenters. The number of anilines is 2. The molecule has 1 heterocycles. The van der Waals surface area contributed by atoms with Crippen LogP contribution in [0.2, 0.25) is 0 Å². The second-order valence-corrected chi connectivity index (χ2v) is 5.33. The number of azo groups is 1. The average molecular weight is 260 g/mol. The monoisotopic (exact) mass is 260 g/mol. The predicted octanol–water partition coefficient (Wildman–Crippen LogP) is 4.25. The Morgan fingerprint density at radius 1 is 1.06 bits per heavy atom. The zero-order valence-electron chi connectivity index (χ0n) is 10.7. The highest BCUT2D eigenvalue weighted by Crippen LogP contribution is 2.40. The Bertz CT molecular complexity index is 614. The van der Waals surface area contributed by atoms with Crippen LogP contribution in [0.4, 0.5) is 21.4 Å². The van der Waals surface area contributed by atoms with Crippen molar-refractivity contribution < 1.29 is 0 Å². The van der Waals surface area contributed by atoms with E-state index in [1.807, 2.05) is 26.0 Å². The molecule has 0 aliphatic heterocycles. The Hall–Kier alpha value is -1.88. The number of rotatable bonds is 2. The van der Waals surface area contributed by atoms with Crippen molar-refractivity contribution in [1.29, 1.82) is 0 Å². The van der Waals surface area contributed by atoms with Crippen molar-refractivity contribution >= 4 is 32.7 Å². The highest BCUT2D eigenvalue weighted by atomic mass is 32.1. The van der Waals surface area contributed by atoms with Crippen LogP contribution in [-0.4, -0.2) is 0 Å². The molecule has 2 rings (SSSR count). The molecule has 0 saturated heterocycles. The van der Waals surface area contributed by atoms with E-state index in [2.05, 4.69) is 23.2 Å². The van der Waals surface area contributed by atoms with Gasteiger partial charge >= 0.3 is 0 Å². The average Bonchev–Trinajstić information content (AvgIpc) is 2.56. The van der Waals surface area contributed by atoms with Gasteiger partial charge < -0.3 is 11.5 Å². The first kappa shape index (κ1) is 12.6. The summed E-state index contributed by atoms with van der Waals surface area (Å²) in [5.74, 6) is 0. The van der Waals surface area contributed by atoms with E-state index in [4.69, 9.17) is 11.5 Å². The zero-order chi connectivity index (χ0) is 13.3. The first-order valence-corrected chi connectivity index (χ1v) is 6.44. The molecule has 0 spiro atoms. The molecule has 94 valence electrons. The molecule has 1 aromatic heterocycles. The summed E-state index contributed by atoms with van der Waals surface area (Å²) in [5.41, 5.74) is 16.4. The van der Waals surface area contributed by atoms with E-state index >= 15 is 0 Å². The largest absolute Gasteiger partial charge is 0.396 e. The van der Waals surface area contributed by atoms with E-state index in [-0.39, 0.29) is 0 Å². The van der Waals surface area contributed by atoms with Crippen LogP contribution in [0, 0.1) is 20.8 Å². The number of thiophene rings is 1. The normalized spacial score (nSPS) is 11.3. The van der Waals surface area contributed by atoms with E-state index in [9.17, 15) is 0 Å². The minimum absolute atomic E-state index is 0.617. The van der Waals surface area contributed by atoms with Gasteiger partial charge in [-0.05, 0) is 32.4 Å². The first-order chi connectivity index (χ1) is 8.49. The third kappa shape index (κ3) is 2.36. The smallest absolute Gasteiger partial charge is 0.164 e. The maximum Gasteiger partial charge on any atom is 0.164 e. The van der Waals surface area contributed by atoms with Crippen molar-refractivity contribution in [1.82, 2.24) is 0 Å². The number of hydrogen-bond acceptors (Lipinski definition) is 5. The van der Waals surface area contributed by atoms with Gasteiger partial charge in [0.25, 0.3) is 0 Å². The molecule has 4 nitrogen and oxygen atoms in total. The zero-order valence-corrected chi connectivity index (χ0v) is 11.5. The SMILES string of the molecule is Cc1ccc(N=Nc2sc(N)c(C)c2N)c(C)c1. The molecule has 4 N–H and O–H groups in total. The fourth-order valence-electron chi connectivity index (χ4n) is 1.62. The fourth-order valence-corrected chi connectivity index (χ4v) is 2.44. The summed E-state index contributed by atoms with van der Waals surface area (Å²) in [6, 6.07) is 6.04. The summed E-state index contributed by atoms with van der Waals surface area (Å²) in [6.45, 7) is 5.95. The first-order valence-electron chi connectivity index (χ1n) is 5.62. The lowest BCUT2D eigenvalue weighted by atomic mass is 10.1. The maximum absolute atomic E-state index is 5.91. The molecule has 18 heavy (non-hydrogen) atoms. The van der Waals surface area contributed by atoms with Crippen LogP contribution < -0.4 is 11.5 Å². The van der Waals surface area contributed by atoms with Crippen LogP contribution in [0.5, 0.6) is 0 Å². The summed E-state index contributed by atoms with van der Waals surface area (Å²) in [4.78, 5) is 0. The molecule has 0 saturated carbocycles. The van der Waals surface area contributed by atoms with Crippen LogP contribution in [0.15, 0.2) is 28.4 Å². The highest BCUT2D eigenvalue weighted by molar-refractivity contribution is 7.20. The van der Waals surface area contributed by atoms with Crippen molar-refractivity contribution in [3.05, 3.63) is 34.9 Å². The molecule has 0 fully saturated rings. The van der Waals surface area contributed by atoms with Crippen molar-refractivity contribution in [2.24, 2.45) is 10.2 Å². The van der Waals surface area contributed by atoms with E-state index in [1.54, 1.807) is 0 Å². The van der Waals surface area contributed by atoms with E-state index < -0.39 is 0 Å². The Kier molecular flexibility index (Phi) is 3.34. The summed E-state index contributed by atoms with van der Waals surface area (Å²) in [7, 11) is 0. The van der Waals surface area contributed by atoms with Gasteiger partial charge in [-0.3, -0.25) is 0 Å². The molecule has 0 aliphatic rings. The molecular weight excluding hydrogens is 244 g/mol. The maximum atomic E-state index is 5.91. The molecule has 0 radical (unpaired) electrons. The summed E-state index contributed by atoms with van der Waals surface area (Å²) in [6.07, 6.45) is 0. The third-order valence-corrected chi connectivity index (χ3v) is 3.83. The summed E-state index contributed by atoms with van der Waals surface area (Å²) >= 11 is 1.36. The minimum atomic E-state index is 0.617. The van der Waals surface area contributed by atoms with E-state index in [1.165, 1.54) is 16.9 Å². The second-order valence-electron chi connectivity index (χ2n) is 4.30. The van der Waals surface area contributed by atoms with Gasteiger partial charge in [-0.15, -0.1) is 10.2 Å². The number of hydrogen-bond donors (Lipinski definition) is 2. The minimum Gasteiger partial charge on any atom is -0.396 e. The number of nitrogens with zero attached hydrogens (tertiary/aromatic N) is 2. The number of benzene rings is 1. The van der Waals surface area contributed by atoms with E-state index in [0.717, 1.165) is 16.8 Å². The van der Waals surface area contributed by atoms with Gasteiger partial charge in [-0.1, -0.05) is 29.0 Å². The number of nitrogens with two attached hydrogens (primary N) is 2. The molecule has 0 aliphatic carbocycles. The quantitative estimate of drug-likeness (QED) is 0.792. The molecule has 5 heteroatoms. The standard InChI is InChI=1S/C13H16N4S/c1-7-4-5-10(8(2)6-7)16-17-13-11(14)9(3)12(15)18-13/h4-6H,14-15H2,1-3H3. The number of aryl methyl sites for hydroxylation is 2. The lowest BCUT2D eigenvalue weighted by Crippen LogP contribution is -1.87. The van der Waals surface area contributed by atoms with Gasteiger partial charge in [0, 0.05) is 5.56 Å². The molecule has 0 bridgehead atoms. The molecule has 1 aromatic carbocycles.